The number of allylic oxidation sites excluding steroid dienone is 1. The van der Waals surface area contributed by atoms with Crippen LogP contribution in [0.4, 0.5) is 0 Å². The van der Waals surface area contributed by atoms with E-state index in [0.29, 0.717) is 29.4 Å². The van der Waals surface area contributed by atoms with Gasteiger partial charge in [-0.25, -0.2) is 9.59 Å². The van der Waals surface area contributed by atoms with E-state index in [2.05, 4.69) is 5.32 Å². The highest BCUT2D eigenvalue weighted by atomic mass is 35.5. The van der Waals surface area contributed by atoms with Crippen molar-refractivity contribution in [3.05, 3.63) is 57.4 Å². The summed E-state index contributed by atoms with van der Waals surface area (Å²) in [6.07, 6.45) is 0. The Bertz CT molecular complexity index is 792. The van der Waals surface area contributed by atoms with E-state index in [1.165, 1.54) is 7.11 Å². The Labute approximate surface area is 169 Å². The van der Waals surface area contributed by atoms with E-state index in [9.17, 15) is 9.59 Å². The quantitative estimate of drug-likeness (QED) is 0.550. The molecule has 152 valence electrons. The number of carbonyl (C=O) groups is 2. The van der Waals surface area contributed by atoms with Gasteiger partial charge in [-0.2, -0.15) is 0 Å². The predicted octanol–water partition coefficient (Wildman–Crippen LogP) is 2.27. The summed E-state index contributed by atoms with van der Waals surface area (Å²) in [6, 6.07) is 6.96. The molecule has 0 radical (unpaired) electrons. The van der Waals surface area contributed by atoms with Crippen molar-refractivity contribution < 1.29 is 23.8 Å². The zero-order chi connectivity index (χ0) is 20.7. The fourth-order valence-corrected chi connectivity index (χ4v) is 3.32. The third-order valence-corrected chi connectivity index (χ3v) is 4.62. The van der Waals surface area contributed by atoms with Crippen LogP contribution in [0, 0.1) is 0 Å². The Kier molecular flexibility index (Phi) is 7.90. The van der Waals surface area contributed by atoms with Crippen molar-refractivity contribution in [3.8, 4) is 0 Å². The number of hydrogen-bond donors (Lipinski definition) is 2. The summed E-state index contributed by atoms with van der Waals surface area (Å²) in [5, 5.41) is 3.56. The number of morpholine rings is 1. The van der Waals surface area contributed by atoms with Gasteiger partial charge in [0.2, 0.25) is 0 Å². The van der Waals surface area contributed by atoms with E-state index in [4.69, 9.17) is 31.5 Å². The Balaban J connectivity index is 2.80. The van der Waals surface area contributed by atoms with Crippen LogP contribution in [0.2, 0.25) is 5.02 Å². The van der Waals surface area contributed by atoms with Crippen LogP contribution in [0.15, 0.2) is 46.8 Å². The van der Waals surface area contributed by atoms with Gasteiger partial charge in [0.15, 0.2) is 0 Å². The van der Waals surface area contributed by atoms with Crippen LogP contribution in [0.1, 0.15) is 25.3 Å². The van der Waals surface area contributed by atoms with E-state index in [0.717, 1.165) is 0 Å². The molecular formula is C20H25ClN2O5. The second-order valence-electron chi connectivity index (χ2n) is 6.13. The maximum atomic E-state index is 13.0. The first-order valence-corrected chi connectivity index (χ1v) is 9.30. The maximum Gasteiger partial charge on any atom is 0.336 e. The van der Waals surface area contributed by atoms with Crippen LogP contribution in [-0.4, -0.2) is 45.4 Å². The van der Waals surface area contributed by atoms with Crippen molar-refractivity contribution in [1.82, 2.24) is 5.32 Å². The Morgan fingerprint density at radius 1 is 1.32 bits per heavy atom. The van der Waals surface area contributed by atoms with Crippen molar-refractivity contribution in [2.24, 2.45) is 5.73 Å². The summed E-state index contributed by atoms with van der Waals surface area (Å²) >= 11 is 6.44. The average Bonchev–Trinajstić information content (AvgIpc) is 2.68. The molecule has 1 unspecified atom stereocenters. The Morgan fingerprint density at radius 3 is 2.57 bits per heavy atom. The number of rotatable bonds is 6. The molecule has 0 amide bonds. The van der Waals surface area contributed by atoms with Gasteiger partial charge in [0.05, 0.1) is 44.0 Å². The molecule has 28 heavy (non-hydrogen) atoms. The zero-order valence-corrected chi connectivity index (χ0v) is 17.0. The van der Waals surface area contributed by atoms with Crippen molar-refractivity contribution in [2.75, 3.05) is 33.5 Å². The number of nitrogens with one attached hydrogen (secondary N) is 1. The van der Waals surface area contributed by atoms with Crippen LogP contribution in [0.3, 0.4) is 0 Å². The molecule has 3 N–H and O–H groups in total. The van der Waals surface area contributed by atoms with Crippen LogP contribution in [0.5, 0.6) is 0 Å². The van der Waals surface area contributed by atoms with Gasteiger partial charge in [-0.05, 0) is 25.5 Å². The topological polar surface area (TPSA) is 99.9 Å². The van der Waals surface area contributed by atoms with Gasteiger partial charge < -0.3 is 25.3 Å². The minimum atomic E-state index is -0.880. The predicted molar refractivity (Wildman–Crippen MR) is 106 cm³/mol. The van der Waals surface area contributed by atoms with Crippen LogP contribution in [0.25, 0.3) is 0 Å². The molecule has 0 aromatic heterocycles. The molecule has 0 saturated carbocycles. The lowest BCUT2D eigenvalue weighted by atomic mass is 9.82. The number of hydrogen-bond acceptors (Lipinski definition) is 7. The number of carbonyl (C=O) groups excluding carboxylic acids is 2. The highest BCUT2D eigenvalue weighted by Gasteiger charge is 2.36. The Hall–Kier alpha value is -2.51. The summed E-state index contributed by atoms with van der Waals surface area (Å²) in [5.74, 6) is -2.11. The van der Waals surface area contributed by atoms with E-state index < -0.39 is 17.9 Å². The monoisotopic (exact) mass is 408 g/mol. The molecule has 1 fully saturated rings. The van der Waals surface area contributed by atoms with E-state index in [1.54, 1.807) is 38.1 Å². The molecule has 1 aromatic carbocycles. The first-order chi connectivity index (χ1) is 13.4. The van der Waals surface area contributed by atoms with Crippen LogP contribution >= 0.6 is 11.6 Å². The molecule has 1 aromatic rings. The molecule has 0 spiro atoms. The standard InChI is InChI=1S/C20H25ClN2O5/c1-4-28-20(25)18(15-11-27-10-9-23-15)17(13-7-5-6-8-14(13)21)16(12(2)22)19(24)26-3/h5-8,17,23H,4,9-11,22H2,1-3H3/b16-12+,18-15-. The number of ether oxygens (including phenoxy) is 3. The van der Waals surface area contributed by atoms with E-state index >= 15 is 0 Å². The van der Waals surface area contributed by atoms with Gasteiger partial charge in [-0.3, -0.25) is 0 Å². The number of halogens is 1. The smallest absolute Gasteiger partial charge is 0.336 e. The van der Waals surface area contributed by atoms with Gasteiger partial charge in [0, 0.05) is 23.0 Å². The van der Waals surface area contributed by atoms with Crippen LogP contribution in [-0.2, 0) is 23.8 Å². The lowest BCUT2D eigenvalue weighted by molar-refractivity contribution is -0.139. The van der Waals surface area contributed by atoms with Crippen molar-refractivity contribution in [1.29, 1.82) is 0 Å². The SMILES string of the molecule is CCOC(=O)/C(=C1/COCCN1)C(/C(C(=O)OC)=C(/C)N)c1ccccc1Cl. The van der Waals surface area contributed by atoms with Gasteiger partial charge in [-0.15, -0.1) is 0 Å². The molecule has 1 aliphatic heterocycles. The normalized spacial score (nSPS) is 17.7. The third kappa shape index (κ3) is 4.85. The third-order valence-electron chi connectivity index (χ3n) is 4.28. The van der Waals surface area contributed by atoms with Crippen LogP contribution < -0.4 is 11.1 Å². The first-order valence-electron chi connectivity index (χ1n) is 8.93. The average molecular weight is 409 g/mol. The molecule has 0 aliphatic carbocycles. The van der Waals surface area contributed by atoms with E-state index in [-0.39, 0.29) is 30.1 Å². The second-order valence-corrected chi connectivity index (χ2v) is 6.54. The summed E-state index contributed by atoms with van der Waals surface area (Å²) in [5.41, 5.74) is 7.68. The molecule has 1 atom stereocenters. The zero-order valence-electron chi connectivity index (χ0n) is 16.2. The number of methoxy groups -OCH3 is 1. The lowest BCUT2D eigenvalue weighted by Gasteiger charge is -2.28. The number of nitrogens with two attached hydrogens (primary N) is 1. The summed E-state index contributed by atoms with van der Waals surface area (Å²) in [4.78, 5) is 25.6. The highest BCUT2D eigenvalue weighted by molar-refractivity contribution is 6.31. The van der Waals surface area contributed by atoms with E-state index in [1.807, 2.05) is 0 Å². The molecule has 1 heterocycles. The second kappa shape index (κ2) is 10.1. The fourth-order valence-electron chi connectivity index (χ4n) is 3.08. The van der Waals surface area contributed by atoms with Gasteiger partial charge in [0.25, 0.3) is 0 Å². The first kappa shape index (κ1) is 21.8. The number of benzene rings is 1. The molecule has 8 heteroatoms. The minimum absolute atomic E-state index is 0.124. The van der Waals surface area contributed by atoms with Gasteiger partial charge in [-0.1, -0.05) is 29.8 Å². The molecule has 1 saturated heterocycles. The minimum Gasteiger partial charge on any atom is -0.466 e. The lowest BCUT2D eigenvalue weighted by Crippen LogP contribution is -2.34. The number of esters is 2. The van der Waals surface area contributed by atoms with Crippen molar-refractivity contribution >= 4 is 23.5 Å². The maximum absolute atomic E-state index is 13.0. The summed E-state index contributed by atoms with van der Waals surface area (Å²) < 4.78 is 15.7. The molecule has 7 nitrogen and oxygen atoms in total. The van der Waals surface area contributed by atoms with Crippen molar-refractivity contribution in [2.45, 2.75) is 19.8 Å². The van der Waals surface area contributed by atoms with Gasteiger partial charge >= 0.3 is 11.9 Å². The largest absolute Gasteiger partial charge is 0.466 e. The fraction of sp³-hybridized carbons (Fsp3) is 0.400. The van der Waals surface area contributed by atoms with Crippen molar-refractivity contribution in [3.63, 3.8) is 0 Å². The highest BCUT2D eigenvalue weighted by Crippen LogP contribution is 2.39. The summed E-state index contributed by atoms with van der Waals surface area (Å²) in [6.45, 7) is 4.66. The summed E-state index contributed by atoms with van der Waals surface area (Å²) in [7, 11) is 1.26. The molecular weight excluding hydrogens is 384 g/mol. The molecule has 2 rings (SSSR count). The Morgan fingerprint density at radius 2 is 2.04 bits per heavy atom. The molecule has 1 aliphatic rings. The van der Waals surface area contributed by atoms with Gasteiger partial charge in [0.1, 0.15) is 0 Å². The molecule has 0 bridgehead atoms.